The van der Waals surface area contributed by atoms with E-state index < -0.39 is 0 Å². The Bertz CT molecular complexity index is 3020. The van der Waals surface area contributed by atoms with Gasteiger partial charge in [-0.05, 0) is 93.3 Å². The third-order valence-electron chi connectivity index (χ3n) is 11.7. The molecule has 5 heterocycles. The molecule has 0 unspecified atom stereocenters. The van der Waals surface area contributed by atoms with Crippen LogP contribution in [0, 0.1) is 6.92 Å². The average Bonchev–Trinajstić information content (AvgIpc) is 3.78. The predicted octanol–water partition coefficient (Wildman–Crippen LogP) is 11.4. The molecule has 0 radical (unpaired) electrons. The predicted molar refractivity (Wildman–Crippen MR) is 225 cm³/mol. The van der Waals surface area contributed by atoms with Gasteiger partial charge in [0.05, 0.1) is 21.4 Å². The lowest BCUT2D eigenvalue weighted by Crippen LogP contribution is -2.60. The molecule has 52 heavy (non-hydrogen) atoms. The van der Waals surface area contributed by atoms with Crippen molar-refractivity contribution in [3.05, 3.63) is 126 Å². The number of aryl methyl sites for hydroxylation is 1. The highest BCUT2D eigenvalue weighted by molar-refractivity contribution is 7.26. The van der Waals surface area contributed by atoms with Crippen LogP contribution in [-0.2, 0) is 10.8 Å². The summed E-state index contributed by atoms with van der Waals surface area (Å²) in [6, 6.07) is 41.2. The molecular formula is C47H39BN2OS. The molecule has 3 nitrogen and oxygen atoms in total. The van der Waals surface area contributed by atoms with Crippen LogP contribution in [0.25, 0.3) is 58.8 Å². The largest absolute Gasteiger partial charge is 0.454 e. The number of benzene rings is 6. The van der Waals surface area contributed by atoms with Crippen molar-refractivity contribution in [2.45, 2.75) is 59.3 Å². The number of rotatable bonds is 1. The highest BCUT2D eigenvalue weighted by Gasteiger charge is 2.44. The summed E-state index contributed by atoms with van der Waals surface area (Å²) in [6.45, 7) is 16.3. The second kappa shape index (κ2) is 9.99. The summed E-state index contributed by atoms with van der Waals surface area (Å²) >= 11 is 1.94. The van der Waals surface area contributed by atoms with Gasteiger partial charge >= 0.3 is 0 Å². The third-order valence-corrected chi connectivity index (χ3v) is 12.9. The lowest BCUT2D eigenvalue weighted by atomic mass is 9.33. The molecule has 0 N–H and O–H groups in total. The number of aromatic nitrogens is 1. The Morgan fingerprint density at radius 2 is 1.31 bits per heavy atom. The number of hydrogen-bond donors (Lipinski definition) is 0. The van der Waals surface area contributed by atoms with E-state index in [1.165, 1.54) is 81.3 Å². The van der Waals surface area contributed by atoms with Gasteiger partial charge in [-0.15, -0.1) is 11.3 Å². The number of nitrogens with zero attached hydrogens (tertiary/aromatic N) is 2. The summed E-state index contributed by atoms with van der Waals surface area (Å²) in [5.41, 5.74) is 17.4. The van der Waals surface area contributed by atoms with Gasteiger partial charge in [0.2, 0.25) is 0 Å². The number of hydrogen-bond acceptors (Lipinski definition) is 3. The van der Waals surface area contributed by atoms with Crippen molar-refractivity contribution in [2.75, 3.05) is 4.90 Å². The molecule has 11 rings (SSSR count). The van der Waals surface area contributed by atoms with E-state index >= 15 is 0 Å². The fraction of sp³-hybridized carbons (Fsp3) is 0.191. The fourth-order valence-corrected chi connectivity index (χ4v) is 10.4. The maximum Gasteiger partial charge on any atom is 0.252 e. The summed E-state index contributed by atoms with van der Waals surface area (Å²) < 4.78 is 12.1. The Morgan fingerprint density at radius 1 is 0.577 bits per heavy atom. The van der Waals surface area contributed by atoms with Gasteiger partial charge in [-0.1, -0.05) is 108 Å². The second-order valence-corrected chi connectivity index (χ2v) is 18.1. The van der Waals surface area contributed by atoms with Gasteiger partial charge < -0.3 is 13.9 Å². The van der Waals surface area contributed by atoms with Gasteiger partial charge in [-0.2, -0.15) is 0 Å². The van der Waals surface area contributed by atoms with Crippen LogP contribution >= 0.6 is 11.3 Å². The second-order valence-electron chi connectivity index (χ2n) is 17.1. The van der Waals surface area contributed by atoms with Crippen LogP contribution in [0.15, 0.2) is 114 Å². The number of para-hydroxylation sites is 2. The average molecular weight is 691 g/mol. The molecule has 0 spiro atoms. The summed E-state index contributed by atoms with van der Waals surface area (Å²) in [7, 11) is 0. The Kier molecular flexibility index (Phi) is 5.84. The minimum Gasteiger partial charge on any atom is -0.454 e. The highest BCUT2D eigenvalue weighted by atomic mass is 32.1. The molecule has 6 aromatic carbocycles. The quantitative estimate of drug-likeness (QED) is 0.160. The van der Waals surface area contributed by atoms with Crippen LogP contribution in [0.3, 0.4) is 0 Å². The third kappa shape index (κ3) is 3.92. The number of anilines is 3. The Morgan fingerprint density at radius 3 is 2.12 bits per heavy atom. The van der Waals surface area contributed by atoms with E-state index in [9.17, 15) is 0 Å². The molecule has 2 aliphatic heterocycles. The number of thiophene rings is 1. The molecule has 5 heteroatoms. The van der Waals surface area contributed by atoms with Gasteiger partial charge in [0.25, 0.3) is 6.71 Å². The maximum atomic E-state index is 6.79. The molecule has 0 amide bonds. The summed E-state index contributed by atoms with van der Waals surface area (Å²) in [4.78, 5) is 2.53. The summed E-state index contributed by atoms with van der Waals surface area (Å²) in [6.07, 6.45) is 0. The molecule has 3 aromatic heterocycles. The van der Waals surface area contributed by atoms with Crippen molar-refractivity contribution in [2.24, 2.45) is 0 Å². The minimum atomic E-state index is -0.0176. The van der Waals surface area contributed by atoms with E-state index in [0.29, 0.717) is 0 Å². The van der Waals surface area contributed by atoms with Gasteiger partial charge in [0, 0.05) is 43.3 Å². The van der Waals surface area contributed by atoms with Crippen LogP contribution < -0.4 is 21.3 Å². The van der Waals surface area contributed by atoms with Gasteiger partial charge in [0.1, 0.15) is 5.58 Å². The standard InChI is InChI=1S/C47H39BN2OS/c1-26-21-37-41-38(22-26)50-42-32(45-43(50)31-14-9-11-18-40(31)52-45)23-28(47(5,6)7)24-34(42)48(41)33-20-19-27(46(2,3)4)25-36(33)49(37)35-16-12-15-30-29-13-8-10-17-39(29)51-44(30)35/h8-25H,1-7H3. The SMILES string of the molecule is Cc1cc2c3c(c1)-n1c4c(cc(C(C)(C)C)cc4c4sc5ccccc5c41)B3c1ccc(C(C)(C)C)cc1N2c1cccc2c1oc1ccccc12. The lowest BCUT2D eigenvalue weighted by molar-refractivity contribution is 0.590. The smallest absolute Gasteiger partial charge is 0.252 e. The van der Waals surface area contributed by atoms with Crippen LogP contribution in [0.1, 0.15) is 58.2 Å². The van der Waals surface area contributed by atoms with E-state index in [1.807, 2.05) is 11.3 Å². The van der Waals surface area contributed by atoms with Crippen molar-refractivity contribution in [3.63, 3.8) is 0 Å². The van der Waals surface area contributed by atoms with E-state index in [1.54, 1.807) is 0 Å². The summed E-state index contributed by atoms with van der Waals surface area (Å²) in [5, 5.41) is 4.98. The van der Waals surface area contributed by atoms with Crippen molar-refractivity contribution >= 4 is 105 Å². The van der Waals surface area contributed by atoms with Crippen LogP contribution in [0.2, 0.25) is 0 Å². The van der Waals surface area contributed by atoms with Crippen molar-refractivity contribution in [1.29, 1.82) is 0 Å². The normalized spacial score (nSPS) is 14.0. The molecule has 0 atom stereocenters. The molecule has 0 fully saturated rings. The van der Waals surface area contributed by atoms with Gasteiger partial charge in [0.15, 0.2) is 5.58 Å². The van der Waals surface area contributed by atoms with Crippen LogP contribution in [0.5, 0.6) is 0 Å². The topological polar surface area (TPSA) is 21.3 Å². The zero-order valence-corrected chi connectivity index (χ0v) is 31.5. The first kappa shape index (κ1) is 30.4. The molecule has 9 aromatic rings. The first-order valence-corrected chi connectivity index (χ1v) is 19.3. The highest BCUT2D eigenvalue weighted by Crippen LogP contribution is 2.48. The molecule has 0 saturated carbocycles. The first-order valence-electron chi connectivity index (χ1n) is 18.5. The van der Waals surface area contributed by atoms with E-state index in [0.717, 1.165) is 27.6 Å². The van der Waals surface area contributed by atoms with E-state index in [-0.39, 0.29) is 17.5 Å². The lowest BCUT2D eigenvalue weighted by Gasteiger charge is -2.41. The molecular weight excluding hydrogens is 651 g/mol. The van der Waals surface area contributed by atoms with Gasteiger partial charge in [-0.25, -0.2) is 0 Å². The number of furan rings is 1. The fourth-order valence-electron chi connectivity index (χ4n) is 9.17. The van der Waals surface area contributed by atoms with Gasteiger partial charge in [-0.3, -0.25) is 0 Å². The monoisotopic (exact) mass is 690 g/mol. The van der Waals surface area contributed by atoms with Crippen molar-refractivity contribution in [3.8, 4) is 5.69 Å². The molecule has 252 valence electrons. The number of fused-ring (bicyclic) bond motifs is 12. The van der Waals surface area contributed by atoms with E-state index in [4.69, 9.17) is 4.42 Å². The Hall–Kier alpha value is -5.26. The molecule has 2 aliphatic rings. The van der Waals surface area contributed by atoms with Crippen LogP contribution in [-0.4, -0.2) is 11.3 Å². The minimum absolute atomic E-state index is 0.0112. The molecule has 0 saturated heterocycles. The first-order chi connectivity index (χ1) is 25.0. The van der Waals surface area contributed by atoms with E-state index in [2.05, 4.69) is 167 Å². The van der Waals surface area contributed by atoms with Crippen LogP contribution in [0.4, 0.5) is 17.1 Å². The Labute approximate surface area is 308 Å². The maximum absolute atomic E-state index is 6.79. The zero-order chi connectivity index (χ0) is 35.4. The van der Waals surface area contributed by atoms with Crippen molar-refractivity contribution in [1.82, 2.24) is 4.57 Å². The Balaban J connectivity index is 1.33. The zero-order valence-electron chi connectivity index (χ0n) is 30.7. The molecule has 0 aliphatic carbocycles. The summed E-state index contributed by atoms with van der Waals surface area (Å²) in [5.74, 6) is 0. The molecule has 0 bridgehead atoms. The van der Waals surface area contributed by atoms with Crippen molar-refractivity contribution < 1.29 is 4.42 Å².